The first-order valence-corrected chi connectivity index (χ1v) is 7.03. The second-order valence-electron chi connectivity index (χ2n) is 5.75. The quantitative estimate of drug-likeness (QED) is 0.806. The molecule has 3 N–H and O–H groups in total. The molecule has 2 amide bonds. The highest BCUT2D eigenvalue weighted by molar-refractivity contribution is 5.85. The van der Waals surface area contributed by atoms with Crippen LogP contribution in [-0.2, 0) is 9.59 Å². The van der Waals surface area contributed by atoms with Crippen LogP contribution in [0, 0.1) is 0 Å². The largest absolute Gasteiger partial charge is 0.497 e. The Hall–Kier alpha value is -2.04. The van der Waals surface area contributed by atoms with Crippen molar-refractivity contribution in [3.05, 3.63) is 29.8 Å². The molecule has 0 spiro atoms. The zero-order valence-electron chi connectivity index (χ0n) is 13.1. The zero-order valence-corrected chi connectivity index (χ0v) is 13.1. The summed E-state index contributed by atoms with van der Waals surface area (Å²) in [4.78, 5) is 23.5. The summed E-state index contributed by atoms with van der Waals surface area (Å²) in [5.74, 6) is -0.0437. The van der Waals surface area contributed by atoms with E-state index in [2.05, 4.69) is 5.32 Å². The minimum absolute atomic E-state index is 0.103. The van der Waals surface area contributed by atoms with Crippen LogP contribution in [0.25, 0.3) is 0 Å². The normalized spacial score (nSPS) is 12.6. The maximum absolute atomic E-state index is 12.4. The summed E-state index contributed by atoms with van der Waals surface area (Å²) in [6, 6.07) is 7.43. The predicted octanol–water partition coefficient (Wildman–Crippen LogP) is 1.96. The van der Waals surface area contributed by atoms with E-state index in [0.29, 0.717) is 6.42 Å². The molecule has 1 aromatic carbocycles. The van der Waals surface area contributed by atoms with Crippen LogP contribution in [0.4, 0.5) is 0 Å². The molecule has 1 rings (SSSR count). The van der Waals surface area contributed by atoms with E-state index >= 15 is 0 Å². The lowest BCUT2D eigenvalue weighted by Gasteiger charge is -2.27. The highest BCUT2D eigenvalue weighted by atomic mass is 16.5. The van der Waals surface area contributed by atoms with Gasteiger partial charge in [-0.15, -0.1) is 0 Å². The Morgan fingerprint density at radius 2 is 1.86 bits per heavy atom. The van der Waals surface area contributed by atoms with E-state index in [-0.39, 0.29) is 18.2 Å². The maximum atomic E-state index is 12.4. The van der Waals surface area contributed by atoms with Crippen molar-refractivity contribution >= 4 is 11.8 Å². The van der Waals surface area contributed by atoms with Crippen LogP contribution in [0.15, 0.2) is 24.3 Å². The van der Waals surface area contributed by atoms with Crippen molar-refractivity contribution in [3.8, 4) is 5.75 Å². The van der Waals surface area contributed by atoms with Gasteiger partial charge in [0.2, 0.25) is 11.8 Å². The highest BCUT2D eigenvalue weighted by Gasteiger charge is 2.27. The number of nitrogens with two attached hydrogens (primary N) is 1. The molecule has 0 aliphatic rings. The van der Waals surface area contributed by atoms with Gasteiger partial charge in [-0.05, 0) is 38.0 Å². The Labute approximate surface area is 125 Å². The zero-order chi connectivity index (χ0) is 16.0. The Morgan fingerprint density at radius 3 is 2.29 bits per heavy atom. The van der Waals surface area contributed by atoms with Gasteiger partial charge in [-0.1, -0.05) is 19.1 Å². The molecule has 0 aliphatic carbocycles. The molecule has 5 nitrogen and oxygen atoms in total. The molecule has 1 unspecified atom stereocenters. The lowest BCUT2D eigenvalue weighted by Crippen LogP contribution is -2.47. The average molecular weight is 292 g/mol. The Kier molecular flexibility index (Phi) is 5.76. The SMILES string of the molecule is CCC(C(=O)NC(C)(C)CC(N)=O)c1ccc(OC)cc1. The van der Waals surface area contributed by atoms with E-state index in [9.17, 15) is 9.59 Å². The number of ether oxygens (including phenoxy) is 1. The van der Waals surface area contributed by atoms with Gasteiger partial charge < -0.3 is 15.8 Å². The monoisotopic (exact) mass is 292 g/mol. The summed E-state index contributed by atoms with van der Waals surface area (Å²) in [7, 11) is 1.60. The first kappa shape index (κ1) is 17.0. The summed E-state index contributed by atoms with van der Waals surface area (Å²) >= 11 is 0. The van der Waals surface area contributed by atoms with Gasteiger partial charge in [0, 0.05) is 12.0 Å². The van der Waals surface area contributed by atoms with E-state index in [1.165, 1.54) is 0 Å². The molecule has 0 saturated heterocycles. The Morgan fingerprint density at radius 1 is 1.29 bits per heavy atom. The van der Waals surface area contributed by atoms with Crippen molar-refractivity contribution < 1.29 is 14.3 Å². The smallest absolute Gasteiger partial charge is 0.227 e. The minimum Gasteiger partial charge on any atom is -0.497 e. The van der Waals surface area contributed by atoms with Gasteiger partial charge in [-0.2, -0.15) is 0 Å². The third-order valence-corrected chi connectivity index (χ3v) is 3.32. The van der Waals surface area contributed by atoms with E-state index in [1.54, 1.807) is 21.0 Å². The number of benzene rings is 1. The first-order valence-electron chi connectivity index (χ1n) is 7.03. The molecule has 21 heavy (non-hydrogen) atoms. The van der Waals surface area contributed by atoms with Gasteiger partial charge in [-0.25, -0.2) is 0 Å². The standard InChI is InChI=1S/C16H24N2O3/c1-5-13(11-6-8-12(21-4)9-7-11)15(20)18-16(2,3)10-14(17)19/h6-9,13H,5,10H2,1-4H3,(H2,17,19)(H,18,20). The predicted molar refractivity (Wildman–Crippen MR) is 82.1 cm³/mol. The number of carbonyl (C=O) groups excluding carboxylic acids is 2. The fraction of sp³-hybridized carbons (Fsp3) is 0.500. The molecular weight excluding hydrogens is 268 g/mol. The third kappa shape index (κ3) is 5.10. The topological polar surface area (TPSA) is 81.4 Å². The molecule has 0 aliphatic heterocycles. The van der Waals surface area contributed by atoms with Gasteiger partial charge in [0.25, 0.3) is 0 Å². The second-order valence-corrected chi connectivity index (χ2v) is 5.75. The summed E-state index contributed by atoms with van der Waals surface area (Å²) in [5.41, 5.74) is 5.47. The van der Waals surface area contributed by atoms with Crippen molar-refractivity contribution in [1.82, 2.24) is 5.32 Å². The molecule has 0 saturated carbocycles. The fourth-order valence-corrected chi connectivity index (χ4v) is 2.31. The lowest BCUT2D eigenvalue weighted by molar-refractivity contribution is -0.125. The van der Waals surface area contributed by atoms with Crippen LogP contribution in [0.1, 0.15) is 45.1 Å². The summed E-state index contributed by atoms with van der Waals surface area (Å²) in [5, 5.41) is 2.89. The number of hydrogen-bond donors (Lipinski definition) is 2. The maximum Gasteiger partial charge on any atom is 0.227 e. The number of amides is 2. The van der Waals surface area contributed by atoms with Crippen molar-refractivity contribution in [2.75, 3.05) is 7.11 Å². The lowest BCUT2D eigenvalue weighted by atomic mass is 9.93. The molecule has 0 radical (unpaired) electrons. The number of hydrogen-bond acceptors (Lipinski definition) is 3. The summed E-state index contributed by atoms with van der Waals surface area (Å²) in [6.45, 7) is 5.53. The molecule has 0 aromatic heterocycles. The van der Waals surface area contributed by atoms with Gasteiger partial charge in [0.1, 0.15) is 5.75 Å². The minimum atomic E-state index is -0.650. The van der Waals surface area contributed by atoms with Crippen LogP contribution in [0.5, 0.6) is 5.75 Å². The number of rotatable bonds is 7. The number of methoxy groups -OCH3 is 1. The van der Waals surface area contributed by atoms with Crippen LogP contribution < -0.4 is 15.8 Å². The van der Waals surface area contributed by atoms with Crippen LogP contribution in [0.3, 0.4) is 0 Å². The Balaban J connectivity index is 2.83. The van der Waals surface area contributed by atoms with Gasteiger partial charge in [0.15, 0.2) is 0 Å². The summed E-state index contributed by atoms with van der Waals surface area (Å²) in [6.07, 6.45) is 0.780. The molecule has 5 heteroatoms. The van der Waals surface area contributed by atoms with E-state index in [1.807, 2.05) is 31.2 Å². The van der Waals surface area contributed by atoms with Crippen molar-refractivity contribution in [2.45, 2.75) is 45.1 Å². The average Bonchev–Trinajstić information content (AvgIpc) is 2.38. The molecule has 0 fully saturated rings. The van der Waals surface area contributed by atoms with Gasteiger partial charge in [-0.3, -0.25) is 9.59 Å². The molecule has 116 valence electrons. The van der Waals surface area contributed by atoms with Crippen molar-refractivity contribution in [3.63, 3.8) is 0 Å². The molecule has 1 aromatic rings. The molecule has 0 heterocycles. The number of carbonyl (C=O) groups is 2. The van der Waals surface area contributed by atoms with E-state index in [4.69, 9.17) is 10.5 Å². The summed E-state index contributed by atoms with van der Waals surface area (Å²) < 4.78 is 5.12. The van der Waals surface area contributed by atoms with E-state index < -0.39 is 11.4 Å². The highest BCUT2D eigenvalue weighted by Crippen LogP contribution is 2.23. The number of primary amides is 1. The molecule has 1 atom stereocenters. The Bertz CT molecular complexity index is 495. The molecule has 0 bridgehead atoms. The molecular formula is C16H24N2O3. The van der Waals surface area contributed by atoms with Crippen LogP contribution >= 0.6 is 0 Å². The van der Waals surface area contributed by atoms with Gasteiger partial charge in [0.05, 0.1) is 13.0 Å². The van der Waals surface area contributed by atoms with Crippen molar-refractivity contribution in [1.29, 1.82) is 0 Å². The fourth-order valence-electron chi connectivity index (χ4n) is 2.31. The second kappa shape index (κ2) is 7.11. The number of nitrogens with one attached hydrogen (secondary N) is 1. The van der Waals surface area contributed by atoms with Crippen LogP contribution in [0.2, 0.25) is 0 Å². The third-order valence-electron chi connectivity index (χ3n) is 3.32. The van der Waals surface area contributed by atoms with E-state index in [0.717, 1.165) is 11.3 Å². The van der Waals surface area contributed by atoms with Gasteiger partial charge >= 0.3 is 0 Å². The van der Waals surface area contributed by atoms with Crippen molar-refractivity contribution in [2.24, 2.45) is 5.73 Å². The van der Waals surface area contributed by atoms with Crippen LogP contribution in [-0.4, -0.2) is 24.5 Å². The first-order chi connectivity index (χ1) is 9.79.